The number of rotatable bonds is 3. The zero-order valence-corrected chi connectivity index (χ0v) is 37.2. The van der Waals surface area contributed by atoms with Crippen LogP contribution in [0.5, 0.6) is 0 Å². The maximum atomic E-state index is 11.1. The Balaban J connectivity index is -0.000000550. The number of piperazine rings is 4. The van der Waals surface area contributed by atoms with E-state index in [0.717, 1.165) is 61.3 Å². The molecule has 300 valence electrons. The van der Waals surface area contributed by atoms with Crippen LogP contribution >= 0.6 is 0 Å². The van der Waals surface area contributed by atoms with Gasteiger partial charge in [0.25, 0.3) is 10.2 Å². The molecule has 1 N–H and O–H groups in total. The molecule has 0 atom stereocenters. The van der Waals surface area contributed by atoms with Gasteiger partial charge in [0.15, 0.2) is 0 Å². The summed E-state index contributed by atoms with van der Waals surface area (Å²) in [7, 11) is -0.363. The molecule has 4 aliphatic rings. The largest absolute Gasteiger partial charge is 1.00 e. The molecule has 4 saturated heterocycles. The summed E-state index contributed by atoms with van der Waals surface area (Å²) in [6.07, 6.45) is 4.31. The summed E-state index contributed by atoms with van der Waals surface area (Å²) < 4.78 is 102. The lowest BCUT2D eigenvalue weighted by atomic mass is 10.3. The Morgan fingerprint density at radius 2 is 0.714 bits per heavy atom. The van der Waals surface area contributed by atoms with Crippen molar-refractivity contribution in [3.05, 3.63) is 0 Å². The van der Waals surface area contributed by atoms with Gasteiger partial charge in [-0.3, -0.25) is 0 Å². The number of nitrogens with zero attached hydrogens (tertiary/aromatic N) is 7. The van der Waals surface area contributed by atoms with Crippen LogP contribution in [0.1, 0.15) is 0 Å². The first kappa shape index (κ1) is 53.8. The SMILES string of the molecule is CN1CCN(S(C)(=O)=O)CC1.CN1CCNCC1.CS(=O)(=O)F.C[N+]1(C)CCN(S(C)(=O)=O)CC1.C[N+]1(C)CCN(S(C)(=O)=O)CC1.[Cl-].[I-]. The molecule has 49 heavy (non-hydrogen) atoms. The van der Waals surface area contributed by atoms with E-state index in [-0.39, 0.29) is 36.4 Å². The first-order valence-corrected chi connectivity index (χ1v) is 22.8. The number of halogens is 3. The van der Waals surface area contributed by atoms with Crippen LogP contribution in [-0.2, 0) is 40.3 Å². The van der Waals surface area contributed by atoms with Gasteiger partial charge in [0, 0.05) is 52.4 Å². The zero-order valence-electron chi connectivity index (χ0n) is 31.0. The van der Waals surface area contributed by atoms with Crippen molar-refractivity contribution in [3.63, 3.8) is 0 Å². The maximum absolute atomic E-state index is 11.1. The van der Waals surface area contributed by atoms with E-state index in [1.807, 2.05) is 7.05 Å². The van der Waals surface area contributed by atoms with Crippen molar-refractivity contribution in [3.8, 4) is 0 Å². The molecule has 0 unspecified atom stereocenters. The van der Waals surface area contributed by atoms with Gasteiger partial charge in [0.05, 0.1) is 106 Å². The van der Waals surface area contributed by atoms with Crippen LogP contribution in [-0.4, -0.2) is 237 Å². The summed E-state index contributed by atoms with van der Waals surface area (Å²) >= 11 is 0. The van der Waals surface area contributed by atoms with Gasteiger partial charge >= 0.3 is 0 Å². The summed E-state index contributed by atoms with van der Waals surface area (Å²) in [5.74, 6) is 0. The predicted molar refractivity (Wildman–Crippen MR) is 187 cm³/mol. The van der Waals surface area contributed by atoms with E-state index in [1.54, 1.807) is 8.61 Å². The minimum atomic E-state index is -4.17. The third-order valence-corrected chi connectivity index (χ3v) is 11.9. The van der Waals surface area contributed by atoms with E-state index in [0.29, 0.717) is 45.5 Å². The fourth-order valence-electron chi connectivity index (χ4n) is 4.54. The molecule has 4 rings (SSSR count). The number of hydrogen-bond donors (Lipinski definition) is 1. The van der Waals surface area contributed by atoms with Crippen LogP contribution in [0.4, 0.5) is 3.89 Å². The molecule has 0 saturated carbocycles. The van der Waals surface area contributed by atoms with Gasteiger partial charge in [0.1, 0.15) is 0 Å². The van der Waals surface area contributed by atoms with E-state index in [4.69, 9.17) is 8.42 Å². The molecule has 4 aliphatic heterocycles. The smallest absolute Gasteiger partial charge is 0.299 e. The number of hydrogen-bond acceptors (Lipinski definition) is 11. The Morgan fingerprint density at radius 3 is 0.918 bits per heavy atom. The van der Waals surface area contributed by atoms with Gasteiger partial charge in [0.2, 0.25) is 30.1 Å². The highest BCUT2D eigenvalue weighted by atomic mass is 127. The van der Waals surface area contributed by atoms with Crippen LogP contribution in [0.3, 0.4) is 0 Å². The third-order valence-electron chi connectivity index (χ3n) is 8.03. The molecule has 0 radical (unpaired) electrons. The van der Waals surface area contributed by atoms with Crippen molar-refractivity contribution < 1.29 is 82.9 Å². The lowest BCUT2D eigenvalue weighted by Crippen LogP contribution is -3.00. The molecule has 0 aromatic rings. The van der Waals surface area contributed by atoms with Gasteiger partial charge < -0.3 is 60.5 Å². The highest BCUT2D eigenvalue weighted by Crippen LogP contribution is 2.10. The normalized spacial score (nSPS) is 22.7. The molecule has 0 amide bonds. The second kappa shape index (κ2) is 23.3. The Hall–Kier alpha value is 0.430. The minimum absolute atomic E-state index is 0. The van der Waals surface area contributed by atoms with Crippen molar-refractivity contribution in [2.24, 2.45) is 0 Å². The monoisotopic (exact) mass is 924 g/mol. The number of quaternary nitrogens is 2. The summed E-state index contributed by atoms with van der Waals surface area (Å²) in [5.41, 5.74) is 0. The highest BCUT2D eigenvalue weighted by Gasteiger charge is 2.30. The molecule has 0 aliphatic carbocycles. The third kappa shape index (κ3) is 28.6. The second-order valence-corrected chi connectivity index (χ2v) is 21.1. The van der Waals surface area contributed by atoms with Crippen LogP contribution in [0.2, 0.25) is 0 Å². The lowest BCUT2D eigenvalue weighted by molar-refractivity contribution is -0.893. The van der Waals surface area contributed by atoms with Crippen molar-refractivity contribution in [2.75, 3.05) is 172 Å². The maximum Gasteiger partial charge on any atom is 0.299 e. The molecule has 4 heterocycles. The number of sulfonamides is 3. The quantitative estimate of drug-likeness (QED) is 0.163. The van der Waals surface area contributed by atoms with Crippen LogP contribution < -0.4 is 41.7 Å². The Labute approximate surface area is 321 Å². The molecule has 4 fully saturated rings. The highest BCUT2D eigenvalue weighted by molar-refractivity contribution is 7.88. The van der Waals surface area contributed by atoms with Crippen molar-refractivity contribution in [1.82, 2.24) is 28.0 Å². The summed E-state index contributed by atoms with van der Waals surface area (Å²) in [6.45, 7) is 14.0. The molecule has 16 nitrogen and oxygen atoms in total. The van der Waals surface area contributed by atoms with E-state index in [1.165, 1.54) is 36.2 Å². The van der Waals surface area contributed by atoms with E-state index < -0.39 is 40.3 Å². The Bertz CT molecular complexity index is 1280. The molecule has 0 spiro atoms. The van der Waals surface area contributed by atoms with Crippen molar-refractivity contribution >= 4 is 40.3 Å². The fourth-order valence-corrected chi connectivity index (χ4v) is 7.02. The molecule has 0 aromatic carbocycles. The topological polar surface area (TPSA) is 165 Å². The van der Waals surface area contributed by atoms with Crippen LogP contribution in [0.25, 0.3) is 0 Å². The molecule has 0 bridgehead atoms. The van der Waals surface area contributed by atoms with E-state index >= 15 is 0 Å². The first-order chi connectivity index (χ1) is 21.0. The van der Waals surface area contributed by atoms with Gasteiger partial charge in [-0.05, 0) is 14.1 Å². The summed E-state index contributed by atoms with van der Waals surface area (Å²) in [6, 6.07) is 0. The summed E-state index contributed by atoms with van der Waals surface area (Å²) in [5, 5.41) is 3.27. The predicted octanol–water partition coefficient (Wildman–Crippen LogP) is -8.69. The molecular formula is C26H63ClFIN8O8S4. The Morgan fingerprint density at radius 1 is 0.490 bits per heavy atom. The minimum Gasteiger partial charge on any atom is -1.00 e. The standard InChI is InChI=1S/2C7H17N2O2S.C6H14N2O2S.C5H12N2.CH3FO2S.ClH.HI/c2*1-9(2)6-4-8(5-7-9)12(3,10)11;1-7-3-5-8(6-4-7)11(2,9)10;1-7-4-2-6-3-5-7;1-5(2,3)4;;/h2*4-7H2,1-3H3;3-6H2,1-2H3;6H,2-5H2,1H3;1H3;2*1H/q2*+1;;;;;/p-2. The summed E-state index contributed by atoms with van der Waals surface area (Å²) in [4.78, 5) is 4.46. The lowest BCUT2D eigenvalue weighted by Gasteiger charge is -2.37. The molecule has 0 aromatic heterocycles. The fraction of sp³-hybridized carbons (Fsp3) is 1.00. The average Bonchev–Trinajstić information content (AvgIpc) is 2.87. The van der Waals surface area contributed by atoms with Gasteiger partial charge in [-0.15, -0.1) is 3.89 Å². The molecular weight excluding hydrogens is 862 g/mol. The number of likely N-dealkylation sites (N-methyl/N-ethyl adjacent to an activating group) is 4. The van der Waals surface area contributed by atoms with Gasteiger partial charge in [-0.1, -0.05) is 0 Å². The van der Waals surface area contributed by atoms with Gasteiger partial charge in [-0.25, -0.2) is 25.3 Å². The van der Waals surface area contributed by atoms with Crippen LogP contribution in [0, 0.1) is 0 Å². The number of nitrogens with one attached hydrogen (secondary N) is 1. The van der Waals surface area contributed by atoms with E-state index in [9.17, 15) is 29.1 Å². The first-order valence-electron chi connectivity index (χ1n) is 15.5. The average molecular weight is 925 g/mol. The molecule has 23 heteroatoms. The van der Waals surface area contributed by atoms with Gasteiger partial charge in [-0.2, -0.15) is 21.3 Å². The Kier molecular flexibility index (Phi) is 25.5. The van der Waals surface area contributed by atoms with Crippen molar-refractivity contribution in [1.29, 1.82) is 0 Å². The zero-order chi connectivity index (χ0) is 36.9. The van der Waals surface area contributed by atoms with E-state index in [2.05, 4.69) is 50.4 Å². The second-order valence-electron chi connectivity index (χ2n) is 13.8. The van der Waals surface area contributed by atoms with Crippen molar-refractivity contribution in [2.45, 2.75) is 0 Å². The van der Waals surface area contributed by atoms with Crippen LogP contribution in [0.15, 0.2) is 0 Å².